The van der Waals surface area contributed by atoms with E-state index < -0.39 is 10.0 Å². The van der Waals surface area contributed by atoms with Gasteiger partial charge in [-0.05, 0) is 67.7 Å². The lowest BCUT2D eigenvalue weighted by molar-refractivity contribution is 0.265. The first kappa shape index (κ1) is 27.1. The summed E-state index contributed by atoms with van der Waals surface area (Å²) in [5, 5.41) is 10.1. The fourth-order valence-corrected chi connectivity index (χ4v) is 6.46. The van der Waals surface area contributed by atoms with Crippen LogP contribution < -0.4 is 4.74 Å². The van der Waals surface area contributed by atoms with Crippen molar-refractivity contribution in [1.29, 1.82) is 5.26 Å². The number of nitriles is 1. The predicted octanol–water partition coefficient (Wildman–Crippen LogP) is 5.82. The number of benzene rings is 2. The zero-order valence-electron chi connectivity index (χ0n) is 18.7. The number of rotatable bonds is 9. The molecule has 2 aromatic carbocycles. The Morgan fingerprint density at radius 2 is 1.79 bits per heavy atom. The van der Waals surface area contributed by atoms with E-state index in [9.17, 15) is 13.7 Å². The molecule has 182 valence electrons. The molecule has 1 heterocycles. The molecule has 0 atom stereocenters. The number of piperazine rings is 1. The molecule has 3 rings (SSSR count). The summed E-state index contributed by atoms with van der Waals surface area (Å²) >= 11 is 19.5. The van der Waals surface area contributed by atoms with Crippen molar-refractivity contribution in [1.82, 2.24) is 9.21 Å². The highest BCUT2D eigenvalue weighted by molar-refractivity contribution is 7.98. The maximum Gasteiger partial charge on any atom is 0.246 e. The van der Waals surface area contributed by atoms with Crippen LogP contribution in [0.15, 0.2) is 41.3 Å². The second-order valence-corrected chi connectivity index (χ2v) is 12.0. The van der Waals surface area contributed by atoms with Crippen molar-refractivity contribution >= 4 is 62.2 Å². The van der Waals surface area contributed by atoms with Gasteiger partial charge in [0.15, 0.2) is 0 Å². The Bertz CT molecular complexity index is 1160. The smallest absolute Gasteiger partial charge is 0.246 e. The van der Waals surface area contributed by atoms with Crippen LogP contribution in [0.2, 0.25) is 10.0 Å². The van der Waals surface area contributed by atoms with Gasteiger partial charge in [-0.3, -0.25) is 0 Å². The Kier molecular flexibility index (Phi) is 9.89. The van der Waals surface area contributed by atoms with E-state index in [-0.39, 0.29) is 16.2 Å². The first-order chi connectivity index (χ1) is 16.2. The summed E-state index contributed by atoms with van der Waals surface area (Å²) in [7, 11) is -3.92. The van der Waals surface area contributed by atoms with Gasteiger partial charge < -0.3 is 9.64 Å². The third-order valence-corrected chi connectivity index (χ3v) is 8.85. The number of thioether (sulfide) groups is 1. The van der Waals surface area contributed by atoms with Gasteiger partial charge in [-0.2, -0.15) is 21.3 Å². The van der Waals surface area contributed by atoms with Crippen molar-refractivity contribution < 1.29 is 13.2 Å². The van der Waals surface area contributed by atoms with Gasteiger partial charge >= 0.3 is 0 Å². The molecule has 2 aromatic rings. The van der Waals surface area contributed by atoms with Crippen LogP contribution in [0.1, 0.15) is 24.8 Å². The van der Waals surface area contributed by atoms with Gasteiger partial charge in [0.05, 0.1) is 16.6 Å². The Hall–Kier alpha value is -1.54. The normalized spacial score (nSPS) is 14.6. The Labute approximate surface area is 220 Å². The van der Waals surface area contributed by atoms with E-state index in [0.717, 1.165) is 30.0 Å². The van der Waals surface area contributed by atoms with Gasteiger partial charge in [0.1, 0.15) is 16.4 Å². The van der Waals surface area contributed by atoms with Crippen molar-refractivity contribution in [3.05, 3.63) is 52.0 Å². The number of nitrogens with zero attached hydrogens (tertiary/aromatic N) is 3. The van der Waals surface area contributed by atoms with Crippen molar-refractivity contribution in [2.75, 3.05) is 38.2 Å². The molecule has 1 aliphatic heterocycles. The second-order valence-electron chi connectivity index (χ2n) is 7.72. The fourth-order valence-electron chi connectivity index (χ4n) is 3.58. The molecule has 1 saturated heterocycles. The van der Waals surface area contributed by atoms with Gasteiger partial charge in [0.25, 0.3) is 0 Å². The molecule has 0 N–H and O–H groups in total. The van der Waals surface area contributed by atoms with Crippen LogP contribution in [0.5, 0.6) is 11.5 Å². The standard InChI is InChI=1S/C23H25Cl2N3O3S3/c1-33-11-3-2-4-23(32)27-7-9-28(10-8-27)34(29,30)22-12-17(16-26)5-6-21(22)31-20-14-18(24)13-19(25)15-20/h5-6,12-15H,2-4,7-11H2,1H3. The van der Waals surface area contributed by atoms with E-state index in [2.05, 4.69) is 11.2 Å². The van der Waals surface area contributed by atoms with Crippen LogP contribution in [0, 0.1) is 11.3 Å². The minimum absolute atomic E-state index is 0.0734. The van der Waals surface area contributed by atoms with E-state index in [1.165, 1.54) is 22.5 Å². The van der Waals surface area contributed by atoms with Crippen LogP contribution >= 0.6 is 47.2 Å². The number of hydrogen-bond acceptors (Lipinski definition) is 6. The summed E-state index contributed by atoms with van der Waals surface area (Å²) < 4.78 is 34.4. The van der Waals surface area contributed by atoms with Crippen LogP contribution in [-0.4, -0.2) is 60.8 Å². The third kappa shape index (κ3) is 7.00. The van der Waals surface area contributed by atoms with Gasteiger partial charge in [-0.15, -0.1) is 0 Å². The molecule has 11 heteroatoms. The molecule has 0 radical (unpaired) electrons. The summed E-state index contributed by atoms with van der Waals surface area (Å²) in [5.74, 6) is 1.52. The van der Waals surface area contributed by atoms with Gasteiger partial charge in [-0.25, -0.2) is 8.42 Å². The molecule has 0 unspecified atom stereocenters. The molecule has 0 bridgehead atoms. The molecule has 0 spiro atoms. The van der Waals surface area contributed by atoms with Crippen molar-refractivity contribution in [2.24, 2.45) is 0 Å². The molecular weight excluding hydrogens is 533 g/mol. The molecule has 0 aliphatic carbocycles. The van der Waals surface area contributed by atoms with Gasteiger partial charge in [0.2, 0.25) is 10.0 Å². The number of sulfonamides is 1. The van der Waals surface area contributed by atoms with Crippen molar-refractivity contribution in [3.8, 4) is 17.6 Å². The van der Waals surface area contributed by atoms with E-state index in [0.29, 0.717) is 42.0 Å². The zero-order valence-corrected chi connectivity index (χ0v) is 22.6. The van der Waals surface area contributed by atoms with Crippen LogP contribution in [0.25, 0.3) is 0 Å². The Morgan fingerprint density at radius 1 is 1.12 bits per heavy atom. The fraction of sp³-hybridized carbons (Fsp3) is 0.391. The maximum absolute atomic E-state index is 13.6. The monoisotopic (exact) mass is 557 g/mol. The predicted molar refractivity (Wildman–Crippen MR) is 143 cm³/mol. The Balaban J connectivity index is 1.77. The molecule has 6 nitrogen and oxygen atoms in total. The summed E-state index contributed by atoms with van der Waals surface area (Å²) in [6.45, 7) is 1.65. The first-order valence-electron chi connectivity index (χ1n) is 10.7. The van der Waals surface area contributed by atoms with Crippen LogP contribution in [-0.2, 0) is 10.0 Å². The van der Waals surface area contributed by atoms with E-state index >= 15 is 0 Å². The largest absolute Gasteiger partial charge is 0.456 e. The number of thiocarbonyl (C=S) groups is 1. The highest BCUT2D eigenvalue weighted by Gasteiger charge is 2.32. The minimum Gasteiger partial charge on any atom is -0.456 e. The van der Waals surface area contributed by atoms with Crippen LogP contribution in [0.4, 0.5) is 0 Å². The molecule has 1 fully saturated rings. The number of halogens is 2. The SMILES string of the molecule is CSCCCCC(=S)N1CCN(S(=O)(=O)c2cc(C#N)ccc2Oc2cc(Cl)cc(Cl)c2)CC1. The van der Waals surface area contributed by atoms with Gasteiger partial charge in [0, 0.05) is 36.2 Å². The van der Waals surface area contributed by atoms with Crippen molar-refractivity contribution in [3.63, 3.8) is 0 Å². The highest BCUT2D eigenvalue weighted by Crippen LogP contribution is 2.34. The first-order valence-corrected chi connectivity index (χ1v) is 14.7. The maximum atomic E-state index is 13.6. The third-order valence-electron chi connectivity index (χ3n) is 5.33. The average Bonchev–Trinajstić information content (AvgIpc) is 2.81. The molecule has 1 aliphatic rings. The zero-order chi connectivity index (χ0) is 24.7. The van der Waals surface area contributed by atoms with E-state index in [1.807, 2.05) is 17.8 Å². The number of hydrogen-bond donors (Lipinski definition) is 0. The summed E-state index contributed by atoms with van der Waals surface area (Å²) in [6.07, 6.45) is 5.08. The second kappa shape index (κ2) is 12.4. The molecule has 0 aromatic heterocycles. The average molecular weight is 559 g/mol. The van der Waals surface area contributed by atoms with Crippen molar-refractivity contribution in [2.45, 2.75) is 24.2 Å². The Morgan fingerprint density at radius 3 is 2.41 bits per heavy atom. The van der Waals surface area contributed by atoms with E-state index in [1.54, 1.807) is 18.2 Å². The van der Waals surface area contributed by atoms with E-state index in [4.69, 9.17) is 40.2 Å². The molecular formula is C23H25Cl2N3O3S3. The number of unbranched alkanes of at least 4 members (excludes halogenated alkanes) is 1. The number of ether oxygens (including phenoxy) is 1. The summed E-state index contributed by atoms with van der Waals surface area (Å²) in [6, 6.07) is 10.9. The highest BCUT2D eigenvalue weighted by atomic mass is 35.5. The quantitative estimate of drug-likeness (QED) is 0.284. The summed E-state index contributed by atoms with van der Waals surface area (Å²) in [4.78, 5) is 2.89. The summed E-state index contributed by atoms with van der Waals surface area (Å²) in [5.41, 5.74) is 0.222. The topological polar surface area (TPSA) is 73.6 Å². The van der Waals surface area contributed by atoms with Gasteiger partial charge in [-0.1, -0.05) is 35.4 Å². The lowest BCUT2D eigenvalue weighted by atomic mass is 10.2. The minimum atomic E-state index is -3.92. The molecule has 0 amide bonds. The lowest BCUT2D eigenvalue weighted by Crippen LogP contribution is -2.50. The lowest BCUT2D eigenvalue weighted by Gasteiger charge is -2.35. The van der Waals surface area contributed by atoms with Crippen LogP contribution in [0.3, 0.4) is 0 Å². The molecule has 34 heavy (non-hydrogen) atoms. The molecule has 0 saturated carbocycles.